The Bertz CT molecular complexity index is 818. The molecule has 142 valence electrons. The SMILES string of the molecule is CCCCOc1ccc(C(=O)NCC#Cc2ccccc2C(F)(F)F)cc1. The lowest BCUT2D eigenvalue weighted by Crippen LogP contribution is -2.23. The summed E-state index contributed by atoms with van der Waals surface area (Å²) in [4.78, 5) is 12.1. The standard InChI is InChI=1S/C21H20F3NO2/c1-2-3-15-27-18-12-10-17(11-13-18)20(26)25-14-6-8-16-7-4-5-9-19(16)21(22,23)24/h4-5,7,9-13H,2-3,14-15H2,1H3,(H,25,26). The maximum absolute atomic E-state index is 12.9. The number of benzene rings is 2. The van der Waals surface area contributed by atoms with Crippen molar-refractivity contribution in [3.05, 3.63) is 65.2 Å². The number of carbonyl (C=O) groups excluding carboxylic acids is 1. The first kappa shape index (κ1) is 20.4. The van der Waals surface area contributed by atoms with Crippen LogP contribution < -0.4 is 10.1 Å². The van der Waals surface area contributed by atoms with Crippen LogP contribution in [0.4, 0.5) is 13.2 Å². The van der Waals surface area contributed by atoms with Crippen molar-refractivity contribution in [3.63, 3.8) is 0 Å². The number of carbonyl (C=O) groups is 1. The van der Waals surface area contributed by atoms with Gasteiger partial charge in [-0.05, 0) is 42.8 Å². The Labute approximate surface area is 156 Å². The van der Waals surface area contributed by atoms with Crippen LogP contribution in [0.25, 0.3) is 0 Å². The first-order valence-corrected chi connectivity index (χ1v) is 8.58. The molecule has 0 fully saturated rings. The van der Waals surface area contributed by atoms with Crippen molar-refractivity contribution >= 4 is 5.91 Å². The van der Waals surface area contributed by atoms with Gasteiger partial charge in [0.2, 0.25) is 0 Å². The van der Waals surface area contributed by atoms with E-state index in [9.17, 15) is 18.0 Å². The minimum atomic E-state index is -4.46. The number of halogens is 3. The molecule has 1 amide bonds. The fourth-order valence-corrected chi connectivity index (χ4v) is 2.24. The highest BCUT2D eigenvalue weighted by Gasteiger charge is 2.32. The number of rotatable bonds is 6. The molecule has 2 aromatic rings. The third kappa shape index (κ3) is 6.37. The molecule has 0 unspecified atom stereocenters. The van der Waals surface area contributed by atoms with Gasteiger partial charge in [0.25, 0.3) is 5.91 Å². The van der Waals surface area contributed by atoms with E-state index >= 15 is 0 Å². The van der Waals surface area contributed by atoms with Crippen molar-refractivity contribution in [1.29, 1.82) is 0 Å². The van der Waals surface area contributed by atoms with Gasteiger partial charge >= 0.3 is 6.18 Å². The van der Waals surface area contributed by atoms with Crippen LogP contribution in [0.1, 0.15) is 41.3 Å². The molecule has 0 atom stereocenters. The van der Waals surface area contributed by atoms with Crippen LogP contribution >= 0.6 is 0 Å². The second kappa shape index (κ2) is 9.67. The van der Waals surface area contributed by atoms with E-state index in [1.165, 1.54) is 18.2 Å². The average molecular weight is 375 g/mol. The Kier molecular flexibility index (Phi) is 7.30. The van der Waals surface area contributed by atoms with E-state index in [4.69, 9.17) is 4.74 Å². The van der Waals surface area contributed by atoms with Crippen molar-refractivity contribution in [1.82, 2.24) is 5.32 Å². The van der Waals surface area contributed by atoms with Gasteiger partial charge in [-0.1, -0.05) is 37.3 Å². The molecule has 0 aliphatic heterocycles. The van der Waals surface area contributed by atoms with Crippen LogP contribution in [-0.2, 0) is 6.18 Å². The molecule has 1 N–H and O–H groups in total. The van der Waals surface area contributed by atoms with Gasteiger partial charge in [-0.15, -0.1) is 0 Å². The highest BCUT2D eigenvalue weighted by molar-refractivity contribution is 5.94. The number of ether oxygens (including phenoxy) is 1. The van der Waals surface area contributed by atoms with Crippen molar-refractivity contribution in [3.8, 4) is 17.6 Å². The zero-order valence-corrected chi connectivity index (χ0v) is 14.9. The molecule has 0 radical (unpaired) electrons. The number of alkyl halides is 3. The fourth-order valence-electron chi connectivity index (χ4n) is 2.24. The summed E-state index contributed by atoms with van der Waals surface area (Å²) in [6, 6.07) is 11.7. The first-order valence-electron chi connectivity index (χ1n) is 8.58. The molecular formula is C21H20F3NO2. The quantitative estimate of drug-likeness (QED) is 0.589. The summed E-state index contributed by atoms with van der Waals surface area (Å²) in [6.45, 7) is 2.64. The van der Waals surface area contributed by atoms with Crippen molar-refractivity contribution in [2.75, 3.05) is 13.2 Å². The Balaban J connectivity index is 1.91. The van der Waals surface area contributed by atoms with Crippen LogP contribution in [0.5, 0.6) is 5.75 Å². The molecule has 2 aromatic carbocycles. The molecule has 0 saturated heterocycles. The van der Waals surface area contributed by atoms with Gasteiger partial charge in [0.1, 0.15) is 5.75 Å². The minimum Gasteiger partial charge on any atom is -0.494 e. The van der Waals surface area contributed by atoms with Gasteiger partial charge in [0.05, 0.1) is 18.7 Å². The Morgan fingerprint density at radius 3 is 2.48 bits per heavy atom. The first-order chi connectivity index (χ1) is 12.9. The predicted octanol–water partition coefficient (Wildman–Crippen LogP) is 4.67. The largest absolute Gasteiger partial charge is 0.494 e. The number of hydrogen-bond donors (Lipinski definition) is 1. The minimum absolute atomic E-state index is 0.0558. The second-order valence-electron chi connectivity index (χ2n) is 5.75. The van der Waals surface area contributed by atoms with E-state index in [1.54, 1.807) is 24.3 Å². The molecular weight excluding hydrogens is 355 g/mol. The van der Waals surface area contributed by atoms with E-state index < -0.39 is 11.7 Å². The van der Waals surface area contributed by atoms with E-state index in [2.05, 4.69) is 24.1 Å². The van der Waals surface area contributed by atoms with Crippen LogP contribution in [-0.4, -0.2) is 19.1 Å². The van der Waals surface area contributed by atoms with Gasteiger partial charge in [-0.2, -0.15) is 13.2 Å². The second-order valence-corrected chi connectivity index (χ2v) is 5.75. The Morgan fingerprint density at radius 1 is 1.11 bits per heavy atom. The molecule has 6 heteroatoms. The lowest BCUT2D eigenvalue weighted by Gasteiger charge is -2.08. The molecule has 27 heavy (non-hydrogen) atoms. The topological polar surface area (TPSA) is 38.3 Å². The van der Waals surface area contributed by atoms with Crippen molar-refractivity contribution < 1.29 is 22.7 Å². The van der Waals surface area contributed by atoms with E-state index in [0.29, 0.717) is 17.9 Å². The molecule has 0 aromatic heterocycles. The van der Waals surface area contributed by atoms with Gasteiger partial charge in [0.15, 0.2) is 0 Å². The van der Waals surface area contributed by atoms with E-state index in [1.807, 2.05) is 0 Å². The number of nitrogens with one attached hydrogen (secondary N) is 1. The van der Waals surface area contributed by atoms with Crippen LogP contribution in [0.3, 0.4) is 0 Å². The average Bonchev–Trinajstić information content (AvgIpc) is 2.65. The summed E-state index contributed by atoms with van der Waals surface area (Å²) in [6.07, 6.45) is -2.47. The number of hydrogen-bond acceptors (Lipinski definition) is 2. The lowest BCUT2D eigenvalue weighted by molar-refractivity contribution is -0.137. The van der Waals surface area contributed by atoms with Crippen molar-refractivity contribution in [2.45, 2.75) is 25.9 Å². The molecule has 3 nitrogen and oxygen atoms in total. The van der Waals surface area contributed by atoms with Crippen LogP contribution in [0, 0.1) is 11.8 Å². The Morgan fingerprint density at radius 2 is 1.81 bits per heavy atom. The Hall–Kier alpha value is -2.94. The van der Waals surface area contributed by atoms with Crippen LogP contribution in [0.2, 0.25) is 0 Å². The monoisotopic (exact) mass is 375 g/mol. The third-order valence-electron chi connectivity index (χ3n) is 3.68. The summed E-state index contributed by atoms with van der Waals surface area (Å²) in [7, 11) is 0. The van der Waals surface area contributed by atoms with E-state index in [-0.39, 0.29) is 18.0 Å². The highest BCUT2D eigenvalue weighted by Crippen LogP contribution is 2.31. The van der Waals surface area contributed by atoms with E-state index in [0.717, 1.165) is 18.9 Å². The summed E-state index contributed by atoms with van der Waals surface area (Å²) in [5.74, 6) is 5.34. The highest BCUT2D eigenvalue weighted by atomic mass is 19.4. The van der Waals surface area contributed by atoms with Crippen molar-refractivity contribution in [2.24, 2.45) is 0 Å². The molecule has 0 aliphatic rings. The van der Waals surface area contributed by atoms with Gasteiger partial charge in [-0.25, -0.2) is 0 Å². The van der Waals surface area contributed by atoms with Gasteiger partial charge < -0.3 is 10.1 Å². The maximum atomic E-state index is 12.9. The summed E-state index contributed by atoms with van der Waals surface area (Å²) in [5.41, 5.74) is -0.481. The molecule has 0 spiro atoms. The molecule has 0 heterocycles. The van der Waals surface area contributed by atoms with Gasteiger partial charge in [-0.3, -0.25) is 4.79 Å². The fraction of sp³-hybridized carbons (Fsp3) is 0.286. The summed E-state index contributed by atoms with van der Waals surface area (Å²) in [5, 5.41) is 2.56. The van der Waals surface area contributed by atoms with Crippen LogP contribution in [0.15, 0.2) is 48.5 Å². The molecule has 0 bridgehead atoms. The zero-order valence-electron chi connectivity index (χ0n) is 14.9. The normalized spacial score (nSPS) is 10.7. The zero-order chi connectivity index (χ0) is 19.7. The lowest BCUT2D eigenvalue weighted by atomic mass is 10.1. The summed E-state index contributed by atoms with van der Waals surface area (Å²) < 4.78 is 44.2. The molecule has 0 aliphatic carbocycles. The summed E-state index contributed by atoms with van der Waals surface area (Å²) >= 11 is 0. The molecule has 2 rings (SSSR count). The van der Waals surface area contributed by atoms with Gasteiger partial charge in [0, 0.05) is 11.1 Å². The smallest absolute Gasteiger partial charge is 0.417 e. The maximum Gasteiger partial charge on any atom is 0.417 e. The number of amides is 1. The third-order valence-corrected chi connectivity index (χ3v) is 3.68. The number of unbranched alkanes of at least 4 members (excludes halogenated alkanes) is 1. The molecule has 0 saturated carbocycles. The predicted molar refractivity (Wildman–Crippen MR) is 97.5 cm³/mol.